The summed E-state index contributed by atoms with van der Waals surface area (Å²) in [5.74, 6) is 5.92. The highest BCUT2D eigenvalue weighted by atomic mass is 16.6. The third-order valence-corrected chi connectivity index (χ3v) is 2.89. The minimum Gasteiger partial charge on any atom is -0.316 e. The molecule has 1 aromatic rings. The smallest absolute Gasteiger partial charge is 0.270 e. The second-order valence-electron chi connectivity index (χ2n) is 6.26. The van der Waals surface area contributed by atoms with E-state index in [-0.39, 0.29) is 23.3 Å². The SMILES string of the molecule is CNC/C(=C/C#CC(C)(C)C)CC(=O)c1cccc([N+](=O)[O-])c1. The van der Waals surface area contributed by atoms with Gasteiger partial charge in [-0.15, -0.1) is 0 Å². The van der Waals surface area contributed by atoms with Gasteiger partial charge in [0.25, 0.3) is 5.69 Å². The van der Waals surface area contributed by atoms with Gasteiger partial charge in [0.05, 0.1) is 4.92 Å². The van der Waals surface area contributed by atoms with Gasteiger partial charge < -0.3 is 5.32 Å². The van der Waals surface area contributed by atoms with Crippen molar-refractivity contribution in [3.63, 3.8) is 0 Å². The molecule has 0 spiro atoms. The van der Waals surface area contributed by atoms with Crippen molar-refractivity contribution in [2.45, 2.75) is 27.2 Å². The molecule has 0 amide bonds. The number of carbonyl (C=O) groups is 1. The first-order valence-corrected chi connectivity index (χ1v) is 7.36. The fourth-order valence-corrected chi connectivity index (χ4v) is 1.85. The number of hydrogen-bond donors (Lipinski definition) is 1. The van der Waals surface area contributed by atoms with E-state index in [1.165, 1.54) is 18.2 Å². The molecule has 0 saturated heterocycles. The largest absolute Gasteiger partial charge is 0.316 e. The number of benzene rings is 1. The number of Topliss-reactive ketones (excluding diaryl/α,β-unsaturated/α-hetero) is 1. The van der Waals surface area contributed by atoms with E-state index in [0.29, 0.717) is 12.1 Å². The van der Waals surface area contributed by atoms with Crippen LogP contribution in [0, 0.1) is 27.4 Å². The quantitative estimate of drug-likeness (QED) is 0.378. The molecule has 122 valence electrons. The molecule has 0 unspecified atom stereocenters. The summed E-state index contributed by atoms with van der Waals surface area (Å²) in [6, 6.07) is 5.79. The maximum absolute atomic E-state index is 12.3. The van der Waals surface area contributed by atoms with Crippen LogP contribution in [0.2, 0.25) is 0 Å². The molecule has 5 heteroatoms. The Morgan fingerprint density at radius 3 is 2.65 bits per heavy atom. The van der Waals surface area contributed by atoms with Gasteiger partial charge in [-0.2, -0.15) is 0 Å². The third kappa shape index (κ3) is 6.90. The molecule has 0 aliphatic heterocycles. The minimum absolute atomic E-state index is 0.0810. The zero-order valence-electron chi connectivity index (χ0n) is 14.0. The average Bonchev–Trinajstić information content (AvgIpc) is 2.46. The van der Waals surface area contributed by atoms with E-state index >= 15 is 0 Å². The summed E-state index contributed by atoms with van der Waals surface area (Å²) in [5.41, 5.74) is 0.999. The first kappa shape index (κ1) is 18.6. The molecule has 0 fully saturated rings. The standard InChI is InChI=1S/C18H22N2O3/c1-18(2,3)10-6-7-14(13-19-4)11-17(21)15-8-5-9-16(12-15)20(22)23/h5,7-9,12,19H,11,13H2,1-4H3/b14-7+. The van der Waals surface area contributed by atoms with Gasteiger partial charge in [-0.3, -0.25) is 14.9 Å². The Balaban J connectivity index is 2.93. The number of non-ortho nitro benzene ring substituents is 1. The van der Waals surface area contributed by atoms with Crippen LogP contribution in [0.5, 0.6) is 0 Å². The van der Waals surface area contributed by atoms with Crippen molar-refractivity contribution in [2.24, 2.45) is 5.41 Å². The lowest BCUT2D eigenvalue weighted by Crippen LogP contribution is -2.13. The molecular formula is C18H22N2O3. The van der Waals surface area contributed by atoms with Crippen LogP contribution in [0.4, 0.5) is 5.69 Å². The van der Waals surface area contributed by atoms with Crippen LogP contribution in [-0.4, -0.2) is 24.3 Å². The van der Waals surface area contributed by atoms with Crippen LogP contribution in [0.15, 0.2) is 35.9 Å². The van der Waals surface area contributed by atoms with Crippen molar-refractivity contribution >= 4 is 11.5 Å². The number of nitrogens with zero attached hydrogens (tertiary/aromatic N) is 1. The number of nitrogens with one attached hydrogen (secondary N) is 1. The summed E-state index contributed by atoms with van der Waals surface area (Å²) < 4.78 is 0. The topological polar surface area (TPSA) is 72.2 Å². The normalized spacial score (nSPS) is 11.6. The molecule has 0 heterocycles. The molecule has 1 N–H and O–H groups in total. The number of hydrogen-bond acceptors (Lipinski definition) is 4. The Bertz CT molecular complexity index is 673. The second kappa shape index (κ2) is 8.25. The zero-order valence-corrected chi connectivity index (χ0v) is 14.0. The lowest BCUT2D eigenvalue weighted by atomic mass is 9.97. The summed E-state index contributed by atoms with van der Waals surface area (Å²) >= 11 is 0. The number of rotatable bonds is 6. The lowest BCUT2D eigenvalue weighted by Gasteiger charge is -2.07. The second-order valence-corrected chi connectivity index (χ2v) is 6.26. The van der Waals surface area contributed by atoms with Crippen LogP contribution in [0.1, 0.15) is 37.6 Å². The molecule has 0 bridgehead atoms. The van der Waals surface area contributed by atoms with Crippen molar-refractivity contribution < 1.29 is 9.72 Å². The van der Waals surface area contributed by atoms with Crippen LogP contribution >= 0.6 is 0 Å². The molecule has 1 rings (SSSR count). The van der Waals surface area contributed by atoms with Crippen molar-refractivity contribution in [1.82, 2.24) is 5.32 Å². The zero-order chi connectivity index (χ0) is 17.5. The van der Waals surface area contributed by atoms with Gasteiger partial charge in [0.15, 0.2) is 5.78 Å². The Morgan fingerprint density at radius 1 is 1.39 bits per heavy atom. The molecule has 5 nitrogen and oxygen atoms in total. The van der Waals surface area contributed by atoms with E-state index in [4.69, 9.17) is 0 Å². The summed E-state index contributed by atoms with van der Waals surface area (Å²) in [4.78, 5) is 22.6. The predicted molar refractivity (Wildman–Crippen MR) is 91.3 cm³/mol. The van der Waals surface area contributed by atoms with Gasteiger partial charge in [0.1, 0.15) is 0 Å². The fourth-order valence-electron chi connectivity index (χ4n) is 1.85. The van der Waals surface area contributed by atoms with Gasteiger partial charge in [-0.25, -0.2) is 0 Å². The highest BCUT2D eigenvalue weighted by Gasteiger charge is 2.13. The predicted octanol–water partition coefficient (Wildman–Crippen LogP) is 3.36. The molecule has 0 aliphatic carbocycles. The molecule has 0 atom stereocenters. The molecule has 0 radical (unpaired) electrons. The average molecular weight is 314 g/mol. The fraction of sp³-hybridized carbons (Fsp3) is 0.389. The highest BCUT2D eigenvalue weighted by Crippen LogP contribution is 2.16. The van der Waals surface area contributed by atoms with Crippen LogP contribution in [-0.2, 0) is 0 Å². The van der Waals surface area contributed by atoms with Gasteiger partial charge in [-0.1, -0.05) is 24.0 Å². The Labute approximate surface area is 136 Å². The number of ketones is 1. The number of nitro groups is 1. The Morgan fingerprint density at radius 2 is 2.09 bits per heavy atom. The first-order valence-electron chi connectivity index (χ1n) is 7.36. The molecule has 0 aliphatic rings. The van der Waals surface area contributed by atoms with E-state index in [1.54, 1.807) is 19.2 Å². The number of allylic oxidation sites excluding steroid dienone is 1. The van der Waals surface area contributed by atoms with Crippen LogP contribution in [0.3, 0.4) is 0 Å². The highest BCUT2D eigenvalue weighted by molar-refractivity contribution is 5.98. The van der Waals surface area contributed by atoms with E-state index in [9.17, 15) is 14.9 Å². The van der Waals surface area contributed by atoms with Crippen LogP contribution < -0.4 is 5.32 Å². The van der Waals surface area contributed by atoms with Crippen LogP contribution in [0.25, 0.3) is 0 Å². The maximum atomic E-state index is 12.3. The number of nitro benzene ring substituents is 1. The molecule has 23 heavy (non-hydrogen) atoms. The van der Waals surface area contributed by atoms with E-state index in [1.807, 2.05) is 20.8 Å². The van der Waals surface area contributed by atoms with Gasteiger partial charge in [0.2, 0.25) is 0 Å². The summed E-state index contributed by atoms with van der Waals surface area (Å²) in [5, 5.41) is 13.8. The Kier molecular flexibility index (Phi) is 6.67. The van der Waals surface area contributed by atoms with Gasteiger partial charge in [-0.05, 0) is 39.5 Å². The van der Waals surface area contributed by atoms with Crippen molar-refractivity contribution in [3.05, 3.63) is 51.6 Å². The summed E-state index contributed by atoms with van der Waals surface area (Å²) in [7, 11) is 1.79. The third-order valence-electron chi connectivity index (χ3n) is 2.89. The molecule has 1 aromatic carbocycles. The monoisotopic (exact) mass is 314 g/mol. The van der Waals surface area contributed by atoms with Crippen molar-refractivity contribution in [1.29, 1.82) is 0 Å². The molecule has 0 aromatic heterocycles. The van der Waals surface area contributed by atoms with Crippen molar-refractivity contribution in [3.8, 4) is 11.8 Å². The van der Waals surface area contributed by atoms with E-state index < -0.39 is 4.92 Å². The van der Waals surface area contributed by atoms with E-state index in [2.05, 4.69) is 17.2 Å². The van der Waals surface area contributed by atoms with E-state index in [0.717, 1.165) is 5.57 Å². The number of likely N-dealkylation sites (N-methyl/N-ethyl adjacent to an activating group) is 1. The lowest BCUT2D eigenvalue weighted by molar-refractivity contribution is -0.384. The molecular weight excluding hydrogens is 292 g/mol. The summed E-state index contributed by atoms with van der Waals surface area (Å²) in [6.45, 7) is 6.58. The van der Waals surface area contributed by atoms with Crippen molar-refractivity contribution in [2.75, 3.05) is 13.6 Å². The van der Waals surface area contributed by atoms with Gasteiger partial charge >= 0.3 is 0 Å². The summed E-state index contributed by atoms with van der Waals surface area (Å²) in [6.07, 6.45) is 1.93. The first-order chi connectivity index (χ1) is 10.7. The minimum atomic E-state index is -0.504. The van der Waals surface area contributed by atoms with Gasteiger partial charge in [0, 0.05) is 36.1 Å². The molecule has 0 saturated carbocycles. The Hall–Kier alpha value is -2.45. The maximum Gasteiger partial charge on any atom is 0.270 e. The number of carbonyl (C=O) groups excluding carboxylic acids is 1.